The molecule has 38 heavy (non-hydrogen) atoms. The number of nitrogens with zero attached hydrogens (tertiary/aromatic N) is 1. The molecule has 1 unspecified atom stereocenters. The first-order valence-electron chi connectivity index (χ1n) is 15.2. The molecule has 0 fully saturated rings. The summed E-state index contributed by atoms with van der Waals surface area (Å²) in [5, 5.41) is 7.02. The van der Waals surface area contributed by atoms with Gasteiger partial charge in [0.25, 0.3) is 0 Å². The molecule has 1 aromatic carbocycles. The summed E-state index contributed by atoms with van der Waals surface area (Å²) in [5.41, 5.74) is 7.16. The van der Waals surface area contributed by atoms with Gasteiger partial charge in [0.1, 0.15) is 0 Å². The first kappa shape index (κ1) is 32.5. The fourth-order valence-corrected chi connectivity index (χ4v) is 5.75. The number of likely N-dealkylation sites (N-methyl/N-ethyl adjacent to an activating group) is 1. The summed E-state index contributed by atoms with van der Waals surface area (Å²) in [6, 6.07) is 9.00. The zero-order valence-electron chi connectivity index (χ0n) is 25.0. The maximum Gasteiger partial charge on any atom is 0.0398 e. The van der Waals surface area contributed by atoms with Crippen molar-refractivity contribution in [2.75, 3.05) is 44.7 Å². The summed E-state index contributed by atoms with van der Waals surface area (Å²) in [4.78, 5) is 2.60. The van der Waals surface area contributed by atoms with Gasteiger partial charge >= 0.3 is 0 Å². The van der Waals surface area contributed by atoms with Crippen molar-refractivity contribution in [2.45, 2.75) is 79.2 Å². The maximum absolute atomic E-state index is 3.74. The van der Waals surface area contributed by atoms with Crippen LogP contribution in [0.5, 0.6) is 0 Å². The van der Waals surface area contributed by atoms with Crippen LogP contribution >= 0.6 is 11.8 Å². The van der Waals surface area contributed by atoms with Gasteiger partial charge in [0.2, 0.25) is 0 Å². The van der Waals surface area contributed by atoms with Crippen molar-refractivity contribution < 1.29 is 0 Å². The lowest BCUT2D eigenvalue weighted by Crippen LogP contribution is -2.32. The maximum atomic E-state index is 3.74. The smallest absolute Gasteiger partial charge is 0.0398 e. The summed E-state index contributed by atoms with van der Waals surface area (Å²) in [6.45, 7) is 14.4. The predicted octanol–water partition coefficient (Wildman–Crippen LogP) is 7.92. The molecular formula is C34H55N3S. The van der Waals surface area contributed by atoms with Gasteiger partial charge < -0.3 is 15.5 Å². The van der Waals surface area contributed by atoms with Crippen molar-refractivity contribution in [3.63, 3.8) is 0 Å². The molecule has 0 saturated carbocycles. The third kappa shape index (κ3) is 12.0. The van der Waals surface area contributed by atoms with Gasteiger partial charge in [-0.1, -0.05) is 76.3 Å². The third-order valence-electron chi connectivity index (χ3n) is 7.13. The Kier molecular flexibility index (Phi) is 17.3. The number of thioether (sulfide) groups is 1. The molecule has 0 bridgehead atoms. The molecule has 0 heterocycles. The standard InChI is InChI=1S/C28H41N3.C6H14S/c1-4-19-31(21-18-29-3)20-8-9-25-16-17-28(27-11-7-6-10-26(25)27)30-22-24-14-12-23(5-2)13-15-24;1-3-5-7-6-4-2/h6-7,10,12-17,27,29-30H,4-5,8-9,11,18-22H2,1-3H3;3-6H2,1-2H3. The zero-order chi connectivity index (χ0) is 27.4. The Bertz CT molecular complexity index is 877. The van der Waals surface area contributed by atoms with E-state index in [1.165, 1.54) is 78.2 Å². The number of aryl methyl sites for hydroxylation is 1. The van der Waals surface area contributed by atoms with Crippen LogP contribution in [0.15, 0.2) is 71.5 Å². The van der Waals surface area contributed by atoms with E-state index in [-0.39, 0.29) is 0 Å². The molecule has 0 radical (unpaired) electrons. The van der Waals surface area contributed by atoms with E-state index in [2.05, 4.69) is 110 Å². The van der Waals surface area contributed by atoms with Gasteiger partial charge in [-0.25, -0.2) is 0 Å². The van der Waals surface area contributed by atoms with Gasteiger partial charge in [0.15, 0.2) is 0 Å². The number of hydrogen-bond donors (Lipinski definition) is 2. The van der Waals surface area contributed by atoms with Crippen LogP contribution in [-0.4, -0.2) is 49.6 Å². The molecule has 3 nitrogen and oxygen atoms in total. The molecule has 0 aliphatic heterocycles. The average molecular weight is 538 g/mol. The van der Waals surface area contributed by atoms with E-state index < -0.39 is 0 Å². The molecule has 2 N–H and O–H groups in total. The summed E-state index contributed by atoms with van der Waals surface area (Å²) in [5.74, 6) is 3.16. The molecule has 1 atom stereocenters. The van der Waals surface area contributed by atoms with E-state index in [9.17, 15) is 0 Å². The minimum absolute atomic E-state index is 0.482. The Morgan fingerprint density at radius 1 is 0.868 bits per heavy atom. The Morgan fingerprint density at radius 3 is 2.26 bits per heavy atom. The second-order valence-electron chi connectivity index (χ2n) is 10.3. The van der Waals surface area contributed by atoms with E-state index in [1.807, 2.05) is 7.05 Å². The zero-order valence-corrected chi connectivity index (χ0v) is 25.8. The van der Waals surface area contributed by atoms with Crippen LogP contribution < -0.4 is 10.6 Å². The monoisotopic (exact) mass is 537 g/mol. The van der Waals surface area contributed by atoms with Crippen molar-refractivity contribution in [3.8, 4) is 0 Å². The lowest BCUT2D eigenvalue weighted by Gasteiger charge is -2.31. The number of benzene rings is 1. The largest absolute Gasteiger partial charge is 0.384 e. The highest BCUT2D eigenvalue weighted by molar-refractivity contribution is 7.99. The van der Waals surface area contributed by atoms with Crippen LogP contribution in [0.3, 0.4) is 0 Å². The molecular weight excluding hydrogens is 482 g/mol. The van der Waals surface area contributed by atoms with E-state index in [0.29, 0.717) is 5.92 Å². The van der Waals surface area contributed by atoms with E-state index in [1.54, 1.807) is 0 Å². The Hall–Kier alpha value is -1.75. The molecule has 2 aliphatic rings. The molecule has 0 spiro atoms. The first-order chi connectivity index (χ1) is 18.7. The lowest BCUT2D eigenvalue weighted by atomic mass is 9.79. The van der Waals surface area contributed by atoms with Crippen molar-refractivity contribution in [1.29, 1.82) is 0 Å². The number of hydrogen-bond acceptors (Lipinski definition) is 4. The minimum atomic E-state index is 0.482. The number of fused-ring (bicyclic) bond motifs is 1. The highest BCUT2D eigenvalue weighted by atomic mass is 32.2. The van der Waals surface area contributed by atoms with Gasteiger partial charge in [0.05, 0.1) is 0 Å². The Morgan fingerprint density at radius 2 is 1.61 bits per heavy atom. The molecule has 0 amide bonds. The summed E-state index contributed by atoms with van der Waals surface area (Å²) >= 11 is 2.05. The molecule has 4 heteroatoms. The van der Waals surface area contributed by atoms with Crippen LogP contribution in [0.4, 0.5) is 0 Å². The highest BCUT2D eigenvalue weighted by Crippen LogP contribution is 2.37. The second-order valence-corrected chi connectivity index (χ2v) is 11.6. The van der Waals surface area contributed by atoms with Gasteiger partial charge in [-0.2, -0.15) is 11.8 Å². The van der Waals surface area contributed by atoms with Crippen LogP contribution in [0.25, 0.3) is 0 Å². The fourth-order valence-electron chi connectivity index (χ4n) is 4.97. The first-order valence-corrected chi connectivity index (χ1v) is 16.4. The van der Waals surface area contributed by atoms with Crippen LogP contribution in [-0.2, 0) is 13.0 Å². The third-order valence-corrected chi connectivity index (χ3v) is 8.53. The van der Waals surface area contributed by atoms with Crippen molar-refractivity contribution in [2.24, 2.45) is 5.92 Å². The van der Waals surface area contributed by atoms with Gasteiger partial charge in [0, 0.05) is 31.2 Å². The molecule has 0 aromatic heterocycles. The summed E-state index contributed by atoms with van der Waals surface area (Å²) in [7, 11) is 2.04. The Labute approximate surface area is 239 Å². The van der Waals surface area contributed by atoms with Gasteiger partial charge in [-0.3, -0.25) is 0 Å². The number of rotatable bonds is 17. The molecule has 1 aromatic rings. The molecule has 212 valence electrons. The van der Waals surface area contributed by atoms with Crippen molar-refractivity contribution in [1.82, 2.24) is 15.5 Å². The summed E-state index contributed by atoms with van der Waals surface area (Å²) < 4.78 is 0. The average Bonchev–Trinajstić information content (AvgIpc) is 2.96. The van der Waals surface area contributed by atoms with Crippen molar-refractivity contribution in [3.05, 3.63) is 82.6 Å². The molecule has 3 rings (SSSR count). The van der Waals surface area contributed by atoms with E-state index >= 15 is 0 Å². The normalized spacial score (nSPS) is 16.3. The highest BCUT2D eigenvalue weighted by Gasteiger charge is 2.25. The van der Waals surface area contributed by atoms with Crippen LogP contribution in [0.1, 0.15) is 77.3 Å². The van der Waals surface area contributed by atoms with E-state index in [4.69, 9.17) is 0 Å². The SMILES string of the molecule is CCCN(CCCC1=CC=C(NCc2ccc(CC)cc2)C2CC=CC=C12)CCNC.CCCSCCC. The predicted molar refractivity (Wildman–Crippen MR) is 172 cm³/mol. The minimum Gasteiger partial charge on any atom is -0.384 e. The van der Waals surface area contributed by atoms with E-state index in [0.717, 1.165) is 38.9 Å². The molecule has 2 aliphatic carbocycles. The summed E-state index contributed by atoms with van der Waals surface area (Å²) in [6.07, 6.45) is 20.0. The number of allylic oxidation sites excluding steroid dienone is 7. The lowest BCUT2D eigenvalue weighted by molar-refractivity contribution is 0.272. The second kappa shape index (κ2) is 20.2. The fraction of sp³-hybridized carbons (Fsp3) is 0.588. The topological polar surface area (TPSA) is 27.3 Å². The van der Waals surface area contributed by atoms with Crippen LogP contribution in [0, 0.1) is 5.92 Å². The van der Waals surface area contributed by atoms with Gasteiger partial charge in [-0.15, -0.1) is 0 Å². The van der Waals surface area contributed by atoms with Gasteiger partial charge in [-0.05, 0) is 105 Å². The number of nitrogens with one attached hydrogen (secondary N) is 2. The molecule has 0 saturated heterocycles. The quantitative estimate of drug-likeness (QED) is 0.197. The Balaban J connectivity index is 0.000000638. The van der Waals surface area contributed by atoms with Crippen molar-refractivity contribution >= 4 is 11.8 Å². The van der Waals surface area contributed by atoms with Crippen LogP contribution in [0.2, 0.25) is 0 Å².